The van der Waals surface area contributed by atoms with Crippen LogP contribution >= 0.6 is 0 Å². The fourth-order valence-electron chi connectivity index (χ4n) is 1.93. The molecule has 0 amide bonds. The highest BCUT2D eigenvalue weighted by atomic mass is 32.2. The average Bonchev–Trinajstić information content (AvgIpc) is 2.54. The van der Waals surface area contributed by atoms with Gasteiger partial charge in [0.05, 0.1) is 11.5 Å². The van der Waals surface area contributed by atoms with Crippen LogP contribution in [0.5, 0.6) is 0 Å². The van der Waals surface area contributed by atoms with E-state index in [2.05, 4.69) is 0 Å². The Bertz CT molecular complexity index is 798. The summed E-state index contributed by atoms with van der Waals surface area (Å²) in [4.78, 5) is 11.5. The van der Waals surface area contributed by atoms with Crippen molar-refractivity contribution in [2.45, 2.75) is 11.8 Å². The molecule has 1 radical (unpaired) electrons. The van der Waals surface area contributed by atoms with Gasteiger partial charge >= 0.3 is 12.5 Å². The predicted molar refractivity (Wildman–Crippen MR) is 91.1 cm³/mol. The Kier molecular flexibility index (Phi) is 5.76. The number of carbonyl (C=O) groups excluding carboxylic acids is 1. The summed E-state index contributed by atoms with van der Waals surface area (Å²) in [6, 6.07) is 15.2. The van der Waals surface area contributed by atoms with Crippen molar-refractivity contribution < 1.29 is 17.9 Å². The molecule has 0 spiro atoms. The Labute approximate surface area is 136 Å². The third-order valence-corrected chi connectivity index (χ3v) is 4.47. The van der Waals surface area contributed by atoms with E-state index in [1.807, 2.05) is 6.07 Å². The van der Waals surface area contributed by atoms with E-state index in [4.69, 9.17) is 4.74 Å². The first-order chi connectivity index (χ1) is 11.0. The standard InChI is InChI=1S/C17H16BO4S/c1-2-22-17(19)12-11-14-7-6-10-16(13-14)23(20,21)18-15-8-4-3-5-9-15/h3-13H,2H2,1H3/b12-11+. The Balaban J connectivity index is 2.20. The molecule has 0 fully saturated rings. The van der Waals surface area contributed by atoms with Gasteiger partial charge in [-0.05, 0) is 30.7 Å². The van der Waals surface area contributed by atoms with Crippen LogP contribution in [0.2, 0.25) is 0 Å². The van der Waals surface area contributed by atoms with E-state index in [1.165, 1.54) is 30.8 Å². The van der Waals surface area contributed by atoms with Crippen molar-refractivity contribution in [3.05, 3.63) is 66.2 Å². The lowest BCUT2D eigenvalue weighted by molar-refractivity contribution is -0.137. The van der Waals surface area contributed by atoms with Crippen LogP contribution in [0.15, 0.2) is 65.6 Å². The molecular formula is C17H16BO4S. The summed E-state index contributed by atoms with van der Waals surface area (Å²) in [6.07, 6.45) is 2.80. The van der Waals surface area contributed by atoms with Gasteiger partial charge in [-0.3, -0.25) is 0 Å². The molecule has 0 unspecified atom stereocenters. The van der Waals surface area contributed by atoms with E-state index in [0.29, 0.717) is 17.6 Å². The number of hydrogen-bond acceptors (Lipinski definition) is 4. The highest BCUT2D eigenvalue weighted by molar-refractivity contribution is 8.16. The second-order valence-corrected chi connectivity index (χ2v) is 6.53. The molecule has 117 valence electrons. The Morgan fingerprint density at radius 2 is 1.87 bits per heavy atom. The van der Waals surface area contributed by atoms with Crippen molar-refractivity contribution in [1.82, 2.24) is 0 Å². The molecule has 6 heteroatoms. The quantitative estimate of drug-likeness (QED) is 0.462. The first-order valence-corrected chi connectivity index (χ1v) is 8.65. The van der Waals surface area contributed by atoms with Gasteiger partial charge in [0.1, 0.15) is 9.69 Å². The first-order valence-electron chi connectivity index (χ1n) is 7.11. The minimum absolute atomic E-state index is 0.173. The molecule has 0 atom stereocenters. The van der Waals surface area contributed by atoms with Crippen molar-refractivity contribution >= 4 is 33.8 Å². The smallest absolute Gasteiger partial charge is 0.330 e. The maximum Gasteiger partial charge on any atom is 0.330 e. The summed E-state index contributed by atoms with van der Waals surface area (Å²) in [6.45, 7) is 3.24. The molecule has 4 nitrogen and oxygen atoms in total. The minimum atomic E-state index is -3.56. The summed E-state index contributed by atoms with van der Waals surface area (Å²) in [5, 5.41) is 0. The second-order valence-electron chi connectivity index (χ2n) is 4.73. The van der Waals surface area contributed by atoms with Crippen molar-refractivity contribution in [3.8, 4) is 0 Å². The summed E-state index contributed by atoms with van der Waals surface area (Å²) in [7, 11) is -3.56. The van der Waals surface area contributed by atoms with Crippen LogP contribution in [0.4, 0.5) is 0 Å². The SMILES string of the molecule is CCOC(=O)/C=C/c1cccc(S(=O)(=O)[B]c2ccccc2)c1. The van der Waals surface area contributed by atoms with E-state index in [9.17, 15) is 13.2 Å². The van der Waals surface area contributed by atoms with Gasteiger partial charge in [0.2, 0.25) is 0 Å². The molecule has 0 aliphatic heterocycles. The molecule has 0 N–H and O–H groups in total. The molecule has 2 aromatic carbocycles. The van der Waals surface area contributed by atoms with Gasteiger partial charge in [0.15, 0.2) is 0 Å². The molecule has 0 aliphatic rings. The van der Waals surface area contributed by atoms with Gasteiger partial charge in [-0.1, -0.05) is 47.9 Å². The lowest BCUT2D eigenvalue weighted by Crippen LogP contribution is -2.23. The average molecular weight is 327 g/mol. The van der Waals surface area contributed by atoms with Crippen LogP contribution in [-0.4, -0.2) is 27.6 Å². The van der Waals surface area contributed by atoms with Crippen molar-refractivity contribution in [3.63, 3.8) is 0 Å². The third-order valence-electron chi connectivity index (χ3n) is 2.98. The van der Waals surface area contributed by atoms with Crippen molar-refractivity contribution in [2.75, 3.05) is 6.61 Å². The van der Waals surface area contributed by atoms with Gasteiger partial charge < -0.3 is 4.74 Å². The molecule has 0 aromatic heterocycles. The van der Waals surface area contributed by atoms with E-state index < -0.39 is 15.7 Å². The number of ether oxygens (including phenoxy) is 1. The lowest BCUT2D eigenvalue weighted by Gasteiger charge is -2.04. The summed E-state index contributed by atoms with van der Waals surface area (Å²) < 4.78 is 29.6. The fourth-order valence-corrected chi connectivity index (χ4v) is 3.15. The third kappa shape index (κ3) is 5.11. The van der Waals surface area contributed by atoms with Gasteiger partial charge in [-0.25, -0.2) is 13.2 Å². The maximum absolute atomic E-state index is 12.4. The summed E-state index contributed by atoms with van der Waals surface area (Å²) in [5.41, 5.74) is 1.22. The Morgan fingerprint density at radius 1 is 1.13 bits per heavy atom. The van der Waals surface area contributed by atoms with Crippen LogP contribution in [0, 0.1) is 0 Å². The molecule has 0 saturated carbocycles. The highest BCUT2D eigenvalue weighted by Crippen LogP contribution is 2.13. The minimum Gasteiger partial charge on any atom is -0.463 e. The van der Waals surface area contributed by atoms with Crippen LogP contribution < -0.4 is 5.46 Å². The molecule has 0 saturated heterocycles. The fraction of sp³-hybridized carbons (Fsp3) is 0.118. The molecule has 2 aromatic rings. The largest absolute Gasteiger partial charge is 0.463 e. The highest BCUT2D eigenvalue weighted by Gasteiger charge is 2.17. The normalized spacial score (nSPS) is 11.3. The summed E-state index contributed by atoms with van der Waals surface area (Å²) in [5.74, 6) is -0.461. The summed E-state index contributed by atoms with van der Waals surface area (Å²) >= 11 is 0. The zero-order valence-electron chi connectivity index (χ0n) is 12.7. The maximum atomic E-state index is 12.4. The number of benzene rings is 2. The zero-order chi connectivity index (χ0) is 16.7. The molecular weight excluding hydrogens is 311 g/mol. The molecule has 0 bridgehead atoms. The van der Waals surface area contributed by atoms with Crippen molar-refractivity contribution in [1.29, 1.82) is 0 Å². The van der Waals surface area contributed by atoms with E-state index in [0.717, 1.165) is 0 Å². The molecule has 0 heterocycles. The van der Waals surface area contributed by atoms with Crippen molar-refractivity contribution in [2.24, 2.45) is 0 Å². The van der Waals surface area contributed by atoms with Crippen LogP contribution in [-0.2, 0) is 19.2 Å². The van der Waals surface area contributed by atoms with Crippen LogP contribution in [0.1, 0.15) is 12.5 Å². The van der Waals surface area contributed by atoms with Gasteiger partial charge in [0, 0.05) is 6.08 Å². The topological polar surface area (TPSA) is 60.4 Å². The van der Waals surface area contributed by atoms with Crippen LogP contribution in [0.3, 0.4) is 0 Å². The Morgan fingerprint density at radius 3 is 2.57 bits per heavy atom. The number of carbonyl (C=O) groups is 1. The second kappa shape index (κ2) is 7.79. The predicted octanol–water partition coefficient (Wildman–Crippen LogP) is 1.98. The monoisotopic (exact) mass is 327 g/mol. The Hall–Kier alpha value is -2.34. The van der Waals surface area contributed by atoms with E-state index in [1.54, 1.807) is 43.3 Å². The number of rotatable bonds is 6. The first kappa shape index (κ1) is 17.0. The number of esters is 1. The van der Waals surface area contributed by atoms with Gasteiger partial charge in [-0.2, -0.15) is 0 Å². The van der Waals surface area contributed by atoms with E-state index >= 15 is 0 Å². The zero-order valence-corrected chi connectivity index (χ0v) is 13.5. The van der Waals surface area contributed by atoms with Crippen LogP contribution in [0.25, 0.3) is 6.08 Å². The molecule has 23 heavy (non-hydrogen) atoms. The molecule has 0 aliphatic carbocycles. The number of hydrogen-bond donors (Lipinski definition) is 0. The van der Waals surface area contributed by atoms with Gasteiger partial charge in [-0.15, -0.1) is 0 Å². The molecule has 2 rings (SSSR count). The lowest BCUT2D eigenvalue weighted by atomic mass is 9.95. The van der Waals surface area contributed by atoms with Gasteiger partial charge in [0.25, 0.3) is 0 Å². The van der Waals surface area contributed by atoms with E-state index in [-0.39, 0.29) is 4.90 Å².